The number of hydrogen-bond acceptors (Lipinski definition) is 4. The summed E-state index contributed by atoms with van der Waals surface area (Å²) in [6.07, 6.45) is 5.78. The number of aryl methyl sites for hydroxylation is 1. The molecule has 2 aromatic heterocycles. The quantitative estimate of drug-likeness (QED) is 0.633. The Labute approximate surface area is 119 Å². The fourth-order valence-electron chi connectivity index (χ4n) is 1.91. The number of hydrazine groups is 1. The molecule has 1 atom stereocenters. The van der Waals surface area contributed by atoms with Gasteiger partial charge in [0, 0.05) is 40.1 Å². The molecule has 0 aliphatic heterocycles. The van der Waals surface area contributed by atoms with Crippen molar-refractivity contribution in [3.8, 4) is 0 Å². The molecule has 0 radical (unpaired) electrons. The van der Waals surface area contributed by atoms with Gasteiger partial charge in [-0.05, 0) is 28.4 Å². The lowest BCUT2D eigenvalue weighted by Crippen LogP contribution is -2.29. The highest BCUT2D eigenvalue weighted by molar-refractivity contribution is 9.10. The Morgan fingerprint density at radius 1 is 1.61 bits per heavy atom. The SMILES string of the molecule is CCCn1ccnc1CC(NN)c1cc(Br)cs1. The van der Waals surface area contributed by atoms with Crippen molar-refractivity contribution in [3.63, 3.8) is 0 Å². The number of aromatic nitrogens is 2. The number of halogens is 1. The van der Waals surface area contributed by atoms with Crippen LogP contribution in [0.1, 0.15) is 30.1 Å². The molecule has 0 aliphatic carbocycles. The molecule has 4 nitrogen and oxygen atoms in total. The molecule has 0 aliphatic rings. The van der Waals surface area contributed by atoms with Crippen LogP contribution in [0, 0.1) is 0 Å². The van der Waals surface area contributed by atoms with Gasteiger partial charge in [0.1, 0.15) is 5.82 Å². The summed E-state index contributed by atoms with van der Waals surface area (Å²) in [4.78, 5) is 5.63. The summed E-state index contributed by atoms with van der Waals surface area (Å²) in [6, 6.07) is 2.21. The molecule has 0 saturated heterocycles. The van der Waals surface area contributed by atoms with Gasteiger partial charge in [-0.3, -0.25) is 11.3 Å². The molecule has 0 amide bonds. The van der Waals surface area contributed by atoms with Gasteiger partial charge >= 0.3 is 0 Å². The average Bonchev–Trinajstić information content (AvgIpc) is 2.96. The van der Waals surface area contributed by atoms with E-state index in [1.54, 1.807) is 11.3 Å². The van der Waals surface area contributed by atoms with Gasteiger partial charge in [0.2, 0.25) is 0 Å². The molecular weight excluding hydrogens is 312 g/mol. The summed E-state index contributed by atoms with van der Waals surface area (Å²) in [5, 5.41) is 2.07. The first-order valence-corrected chi connectivity index (χ1v) is 7.62. The first-order valence-electron chi connectivity index (χ1n) is 5.94. The molecule has 1 unspecified atom stereocenters. The highest BCUT2D eigenvalue weighted by atomic mass is 79.9. The summed E-state index contributed by atoms with van der Waals surface area (Å²) in [5.41, 5.74) is 2.88. The van der Waals surface area contributed by atoms with Gasteiger partial charge in [-0.1, -0.05) is 6.92 Å². The number of nitrogens with zero attached hydrogens (tertiary/aromatic N) is 2. The van der Waals surface area contributed by atoms with E-state index in [-0.39, 0.29) is 6.04 Å². The molecule has 6 heteroatoms. The number of nitrogens with two attached hydrogens (primary N) is 1. The number of rotatable bonds is 6. The largest absolute Gasteiger partial charge is 0.335 e. The van der Waals surface area contributed by atoms with Crippen LogP contribution < -0.4 is 11.3 Å². The molecule has 2 rings (SSSR count). The van der Waals surface area contributed by atoms with Crippen LogP contribution >= 0.6 is 27.3 Å². The summed E-state index contributed by atoms with van der Waals surface area (Å²) >= 11 is 5.16. The van der Waals surface area contributed by atoms with Crippen molar-refractivity contribution in [1.29, 1.82) is 0 Å². The zero-order valence-electron chi connectivity index (χ0n) is 10.3. The first-order chi connectivity index (χ1) is 8.74. The summed E-state index contributed by atoms with van der Waals surface area (Å²) in [6.45, 7) is 3.17. The van der Waals surface area contributed by atoms with Crippen LogP contribution in [0.4, 0.5) is 0 Å². The zero-order chi connectivity index (χ0) is 13.0. The second-order valence-electron chi connectivity index (χ2n) is 4.13. The lowest BCUT2D eigenvalue weighted by molar-refractivity contribution is 0.523. The molecule has 0 fully saturated rings. The highest BCUT2D eigenvalue weighted by Gasteiger charge is 2.15. The van der Waals surface area contributed by atoms with E-state index in [0.717, 1.165) is 29.7 Å². The van der Waals surface area contributed by atoms with Crippen LogP contribution in [0.5, 0.6) is 0 Å². The number of imidazole rings is 1. The van der Waals surface area contributed by atoms with Crippen molar-refractivity contribution in [3.05, 3.63) is 39.0 Å². The van der Waals surface area contributed by atoms with E-state index in [1.165, 1.54) is 4.88 Å². The highest BCUT2D eigenvalue weighted by Crippen LogP contribution is 2.27. The van der Waals surface area contributed by atoms with Crippen LogP contribution in [0.3, 0.4) is 0 Å². The average molecular weight is 329 g/mol. The molecule has 0 aromatic carbocycles. The van der Waals surface area contributed by atoms with E-state index >= 15 is 0 Å². The van der Waals surface area contributed by atoms with Crippen molar-refractivity contribution in [2.45, 2.75) is 32.4 Å². The predicted molar refractivity (Wildman–Crippen MR) is 78.3 cm³/mol. The van der Waals surface area contributed by atoms with Gasteiger partial charge in [-0.25, -0.2) is 4.98 Å². The third-order valence-electron chi connectivity index (χ3n) is 2.79. The van der Waals surface area contributed by atoms with E-state index in [2.05, 4.69) is 49.3 Å². The normalized spacial score (nSPS) is 12.8. The van der Waals surface area contributed by atoms with Crippen molar-refractivity contribution < 1.29 is 0 Å². The molecule has 3 N–H and O–H groups in total. The Bertz CT molecular complexity index is 494. The standard InChI is InChI=1S/C12H17BrN4S/c1-2-4-17-5-3-15-12(17)7-10(16-14)11-6-9(13)8-18-11/h3,5-6,8,10,16H,2,4,7,14H2,1H3. The van der Waals surface area contributed by atoms with Crippen LogP contribution in [0.25, 0.3) is 0 Å². The number of hydrogen-bond donors (Lipinski definition) is 2. The summed E-state index contributed by atoms with van der Waals surface area (Å²) in [5.74, 6) is 6.73. The molecule has 0 spiro atoms. The van der Waals surface area contributed by atoms with Crippen LogP contribution in [-0.4, -0.2) is 9.55 Å². The molecule has 98 valence electrons. The first kappa shape index (κ1) is 13.7. The Hall–Kier alpha value is -0.690. The van der Waals surface area contributed by atoms with E-state index in [9.17, 15) is 0 Å². The van der Waals surface area contributed by atoms with Gasteiger partial charge in [-0.15, -0.1) is 11.3 Å². The summed E-state index contributed by atoms with van der Waals surface area (Å²) < 4.78 is 3.28. The van der Waals surface area contributed by atoms with E-state index in [0.29, 0.717) is 0 Å². The Balaban J connectivity index is 2.12. The summed E-state index contributed by atoms with van der Waals surface area (Å²) in [7, 11) is 0. The van der Waals surface area contributed by atoms with Crippen LogP contribution in [-0.2, 0) is 13.0 Å². The smallest absolute Gasteiger partial charge is 0.110 e. The predicted octanol–water partition coefficient (Wildman–Crippen LogP) is 2.86. The van der Waals surface area contributed by atoms with Gasteiger partial charge in [0.25, 0.3) is 0 Å². The Kier molecular flexibility index (Phi) is 4.94. The lowest BCUT2D eigenvalue weighted by atomic mass is 10.1. The fraction of sp³-hybridized carbons (Fsp3) is 0.417. The van der Waals surface area contributed by atoms with Crippen LogP contribution in [0.2, 0.25) is 0 Å². The van der Waals surface area contributed by atoms with Gasteiger partial charge < -0.3 is 4.57 Å². The maximum atomic E-state index is 5.66. The van der Waals surface area contributed by atoms with Crippen molar-refractivity contribution in [2.24, 2.45) is 5.84 Å². The van der Waals surface area contributed by atoms with Crippen molar-refractivity contribution >= 4 is 27.3 Å². The monoisotopic (exact) mass is 328 g/mol. The minimum atomic E-state index is 0.110. The number of thiophene rings is 1. The maximum absolute atomic E-state index is 5.66. The Morgan fingerprint density at radius 2 is 2.44 bits per heavy atom. The van der Waals surface area contributed by atoms with Crippen molar-refractivity contribution in [1.82, 2.24) is 15.0 Å². The van der Waals surface area contributed by atoms with E-state index < -0.39 is 0 Å². The Morgan fingerprint density at radius 3 is 3.06 bits per heavy atom. The van der Waals surface area contributed by atoms with Gasteiger partial charge in [0.15, 0.2) is 0 Å². The third kappa shape index (κ3) is 3.20. The van der Waals surface area contributed by atoms with Crippen LogP contribution in [0.15, 0.2) is 28.3 Å². The third-order valence-corrected chi connectivity index (χ3v) is 4.59. The lowest BCUT2D eigenvalue weighted by Gasteiger charge is -2.14. The van der Waals surface area contributed by atoms with Gasteiger partial charge in [-0.2, -0.15) is 0 Å². The van der Waals surface area contributed by atoms with Gasteiger partial charge in [0.05, 0.1) is 6.04 Å². The molecule has 0 saturated carbocycles. The molecular formula is C12H17BrN4S. The molecule has 18 heavy (non-hydrogen) atoms. The topological polar surface area (TPSA) is 55.9 Å². The molecule has 2 heterocycles. The number of nitrogens with one attached hydrogen (secondary N) is 1. The maximum Gasteiger partial charge on any atom is 0.110 e. The van der Waals surface area contributed by atoms with Crippen molar-refractivity contribution in [2.75, 3.05) is 0 Å². The van der Waals surface area contributed by atoms with E-state index in [4.69, 9.17) is 5.84 Å². The minimum absolute atomic E-state index is 0.110. The second kappa shape index (κ2) is 6.47. The second-order valence-corrected chi connectivity index (χ2v) is 5.99. The molecule has 0 bridgehead atoms. The fourth-order valence-corrected chi connectivity index (χ4v) is 3.42. The molecule has 2 aromatic rings. The minimum Gasteiger partial charge on any atom is -0.335 e. The zero-order valence-corrected chi connectivity index (χ0v) is 12.7. The van der Waals surface area contributed by atoms with E-state index in [1.807, 2.05) is 12.4 Å².